The summed E-state index contributed by atoms with van der Waals surface area (Å²) in [5.41, 5.74) is 1.01. The number of hydrogen-bond donors (Lipinski definition) is 0. The van der Waals surface area contributed by atoms with Crippen LogP contribution in [0, 0.1) is 0 Å². The van der Waals surface area contributed by atoms with Crippen molar-refractivity contribution in [2.45, 2.75) is 25.4 Å². The molecule has 0 radical (unpaired) electrons. The van der Waals surface area contributed by atoms with Crippen molar-refractivity contribution in [3.05, 3.63) is 30.1 Å². The van der Waals surface area contributed by atoms with Gasteiger partial charge in [0.1, 0.15) is 12.6 Å². The molecule has 5 nitrogen and oxygen atoms in total. The quantitative estimate of drug-likeness (QED) is 0.758. The smallest absolute Gasteiger partial charge is 0.246 e. The third kappa shape index (κ3) is 1.85. The highest BCUT2D eigenvalue weighted by atomic mass is 16.2. The number of hydrogen-bond acceptors (Lipinski definition) is 3. The van der Waals surface area contributed by atoms with Crippen molar-refractivity contribution in [1.29, 1.82) is 0 Å². The van der Waals surface area contributed by atoms with Crippen molar-refractivity contribution in [3.8, 4) is 0 Å². The standard InChI is InChI=1S/C13H15N3O2/c17-12-9-15(8-10-3-5-14-6-4-10)13(18)11-2-1-7-16(11)12/h3-6,11H,1-2,7-9H2/t11-/m0/s1. The van der Waals surface area contributed by atoms with Gasteiger partial charge in [-0.15, -0.1) is 0 Å². The number of pyridine rings is 1. The Morgan fingerprint density at radius 1 is 1.28 bits per heavy atom. The zero-order chi connectivity index (χ0) is 12.5. The molecule has 5 heteroatoms. The normalized spacial score (nSPS) is 23.4. The minimum atomic E-state index is -0.215. The summed E-state index contributed by atoms with van der Waals surface area (Å²) in [6, 6.07) is 3.53. The monoisotopic (exact) mass is 245 g/mol. The molecule has 2 aliphatic heterocycles. The Morgan fingerprint density at radius 3 is 2.83 bits per heavy atom. The first kappa shape index (κ1) is 11.2. The summed E-state index contributed by atoms with van der Waals surface area (Å²) in [4.78, 5) is 31.5. The number of rotatable bonds is 2. The van der Waals surface area contributed by atoms with Gasteiger partial charge in [0, 0.05) is 25.5 Å². The second-order valence-electron chi connectivity index (χ2n) is 4.79. The maximum absolute atomic E-state index is 12.3. The van der Waals surface area contributed by atoms with E-state index < -0.39 is 0 Å². The second-order valence-corrected chi connectivity index (χ2v) is 4.79. The van der Waals surface area contributed by atoms with Gasteiger partial charge >= 0.3 is 0 Å². The van der Waals surface area contributed by atoms with Gasteiger partial charge in [-0.25, -0.2) is 0 Å². The molecule has 2 fully saturated rings. The van der Waals surface area contributed by atoms with Crippen LogP contribution in [0.3, 0.4) is 0 Å². The van der Waals surface area contributed by atoms with E-state index in [0.29, 0.717) is 6.54 Å². The van der Waals surface area contributed by atoms with Crippen LogP contribution in [0.5, 0.6) is 0 Å². The summed E-state index contributed by atoms with van der Waals surface area (Å²) in [6.07, 6.45) is 5.14. The summed E-state index contributed by atoms with van der Waals surface area (Å²) in [7, 11) is 0. The minimum absolute atomic E-state index is 0.0751. The van der Waals surface area contributed by atoms with Crippen LogP contribution in [0.1, 0.15) is 18.4 Å². The van der Waals surface area contributed by atoms with Crippen LogP contribution in [0.25, 0.3) is 0 Å². The number of carbonyl (C=O) groups excluding carboxylic acids is 2. The summed E-state index contributed by atoms with van der Waals surface area (Å²) in [5, 5.41) is 0. The lowest BCUT2D eigenvalue weighted by Gasteiger charge is -2.36. The molecule has 0 aliphatic carbocycles. The summed E-state index contributed by atoms with van der Waals surface area (Å²) >= 11 is 0. The van der Waals surface area contributed by atoms with Gasteiger partial charge in [0.05, 0.1) is 0 Å². The molecule has 1 aromatic rings. The van der Waals surface area contributed by atoms with Gasteiger partial charge in [0.2, 0.25) is 11.8 Å². The molecule has 0 N–H and O–H groups in total. The average Bonchev–Trinajstić information content (AvgIpc) is 2.87. The first-order valence-corrected chi connectivity index (χ1v) is 6.23. The lowest BCUT2D eigenvalue weighted by molar-refractivity contribution is -0.154. The van der Waals surface area contributed by atoms with E-state index in [4.69, 9.17) is 0 Å². The molecule has 1 aromatic heterocycles. The molecule has 3 rings (SSSR count). The van der Waals surface area contributed by atoms with Crippen LogP contribution >= 0.6 is 0 Å². The molecular formula is C13H15N3O2. The summed E-state index contributed by atoms with van der Waals surface area (Å²) in [6.45, 7) is 1.44. The number of piperazine rings is 1. The van der Waals surface area contributed by atoms with Crippen molar-refractivity contribution in [2.24, 2.45) is 0 Å². The van der Waals surface area contributed by atoms with E-state index in [1.54, 1.807) is 22.2 Å². The molecule has 0 aromatic carbocycles. The van der Waals surface area contributed by atoms with Crippen molar-refractivity contribution in [3.63, 3.8) is 0 Å². The predicted molar refractivity (Wildman–Crippen MR) is 64.4 cm³/mol. The van der Waals surface area contributed by atoms with E-state index in [2.05, 4.69) is 4.98 Å². The van der Waals surface area contributed by atoms with Gasteiger partial charge in [0.15, 0.2) is 0 Å². The fourth-order valence-electron chi connectivity index (χ4n) is 2.71. The van der Waals surface area contributed by atoms with Crippen LogP contribution < -0.4 is 0 Å². The number of carbonyl (C=O) groups is 2. The molecular weight excluding hydrogens is 230 g/mol. The fraction of sp³-hybridized carbons (Fsp3) is 0.462. The molecule has 2 saturated heterocycles. The predicted octanol–water partition coefficient (Wildman–Crippen LogP) is 0.415. The second kappa shape index (κ2) is 4.40. The van der Waals surface area contributed by atoms with Crippen molar-refractivity contribution in [2.75, 3.05) is 13.1 Å². The van der Waals surface area contributed by atoms with Crippen LogP contribution in [0.15, 0.2) is 24.5 Å². The fourth-order valence-corrected chi connectivity index (χ4v) is 2.71. The third-order valence-corrected chi connectivity index (χ3v) is 3.62. The van der Waals surface area contributed by atoms with Crippen molar-refractivity contribution < 1.29 is 9.59 Å². The van der Waals surface area contributed by atoms with Gasteiger partial charge in [-0.1, -0.05) is 0 Å². The highest BCUT2D eigenvalue weighted by Gasteiger charge is 2.41. The van der Waals surface area contributed by atoms with Crippen molar-refractivity contribution >= 4 is 11.8 Å². The van der Waals surface area contributed by atoms with Crippen LogP contribution in [0.2, 0.25) is 0 Å². The molecule has 0 spiro atoms. The Bertz CT molecular complexity index is 474. The van der Waals surface area contributed by atoms with Crippen LogP contribution in [-0.2, 0) is 16.1 Å². The van der Waals surface area contributed by atoms with E-state index in [1.165, 1.54) is 0 Å². The number of nitrogens with zero attached hydrogens (tertiary/aromatic N) is 3. The maximum atomic E-state index is 12.3. The lowest BCUT2D eigenvalue weighted by Crippen LogP contribution is -2.56. The van der Waals surface area contributed by atoms with Gasteiger partial charge in [0.25, 0.3) is 0 Å². The first-order chi connectivity index (χ1) is 8.75. The Labute approximate surface area is 105 Å². The molecule has 94 valence electrons. The summed E-state index contributed by atoms with van der Waals surface area (Å²) < 4.78 is 0. The molecule has 3 heterocycles. The molecule has 2 aliphatic rings. The molecule has 0 saturated carbocycles. The molecule has 0 unspecified atom stereocenters. The molecule has 18 heavy (non-hydrogen) atoms. The van der Waals surface area contributed by atoms with E-state index in [0.717, 1.165) is 24.9 Å². The van der Waals surface area contributed by atoms with Gasteiger partial charge < -0.3 is 9.80 Å². The van der Waals surface area contributed by atoms with E-state index in [-0.39, 0.29) is 24.4 Å². The van der Waals surface area contributed by atoms with Gasteiger partial charge in [-0.2, -0.15) is 0 Å². The third-order valence-electron chi connectivity index (χ3n) is 3.62. The maximum Gasteiger partial charge on any atom is 0.246 e. The number of amides is 2. The Kier molecular flexibility index (Phi) is 2.74. The Balaban J connectivity index is 1.77. The highest BCUT2D eigenvalue weighted by Crippen LogP contribution is 2.24. The molecule has 0 bridgehead atoms. The zero-order valence-corrected chi connectivity index (χ0v) is 10.1. The molecule has 2 amide bonds. The summed E-state index contributed by atoms with van der Waals surface area (Å²) in [5.74, 6) is 0.162. The molecule has 1 atom stereocenters. The lowest BCUT2D eigenvalue weighted by atomic mass is 10.1. The highest BCUT2D eigenvalue weighted by molar-refractivity contribution is 5.95. The van der Waals surface area contributed by atoms with E-state index in [9.17, 15) is 9.59 Å². The van der Waals surface area contributed by atoms with E-state index >= 15 is 0 Å². The topological polar surface area (TPSA) is 53.5 Å². The number of fused-ring (bicyclic) bond motifs is 1. The van der Waals surface area contributed by atoms with Crippen LogP contribution in [-0.4, -0.2) is 45.7 Å². The average molecular weight is 245 g/mol. The Morgan fingerprint density at radius 2 is 2.06 bits per heavy atom. The largest absolute Gasteiger partial charge is 0.329 e. The SMILES string of the molecule is O=C1[C@@H]2CCCN2C(=O)CN1Cc1ccncc1. The zero-order valence-electron chi connectivity index (χ0n) is 10.1. The minimum Gasteiger partial charge on any atom is -0.329 e. The van der Waals surface area contributed by atoms with Crippen molar-refractivity contribution in [1.82, 2.24) is 14.8 Å². The van der Waals surface area contributed by atoms with Crippen LogP contribution in [0.4, 0.5) is 0 Å². The Hall–Kier alpha value is -1.91. The number of aromatic nitrogens is 1. The first-order valence-electron chi connectivity index (χ1n) is 6.23. The van der Waals surface area contributed by atoms with Gasteiger partial charge in [-0.05, 0) is 30.5 Å². The van der Waals surface area contributed by atoms with Gasteiger partial charge in [-0.3, -0.25) is 14.6 Å². The van der Waals surface area contributed by atoms with E-state index in [1.807, 2.05) is 12.1 Å².